The summed E-state index contributed by atoms with van der Waals surface area (Å²) in [5.74, 6) is 0.463. The minimum atomic E-state index is -0.294. The molecule has 0 radical (unpaired) electrons. The van der Waals surface area contributed by atoms with Crippen LogP contribution in [0.3, 0.4) is 0 Å². The van der Waals surface area contributed by atoms with Gasteiger partial charge in [0, 0.05) is 17.1 Å². The highest BCUT2D eigenvalue weighted by Crippen LogP contribution is 2.28. The summed E-state index contributed by atoms with van der Waals surface area (Å²) in [5, 5.41) is 5.93. The van der Waals surface area contributed by atoms with Crippen LogP contribution in [0.15, 0.2) is 48.0 Å². The van der Waals surface area contributed by atoms with Gasteiger partial charge >= 0.3 is 5.97 Å². The maximum atomic E-state index is 11.9. The van der Waals surface area contributed by atoms with Gasteiger partial charge in [0.2, 0.25) is 0 Å². The Bertz CT molecular complexity index is 846. The van der Waals surface area contributed by atoms with E-state index in [1.807, 2.05) is 42.6 Å². The molecule has 0 saturated heterocycles. The number of aryl methyl sites for hydroxylation is 1. The van der Waals surface area contributed by atoms with E-state index in [9.17, 15) is 4.79 Å². The number of aromatic nitrogens is 2. The average Bonchev–Trinajstić information content (AvgIpc) is 3.04. The number of carbonyl (C=O) groups is 1. The molecule has 0 unspecified atom stereocenters. The topological polar surface area (TPSA) is 64.1 Å². The van der Waals surface area contributed by atoms with Gasteiger partial charge in [-0.05, 0) is 43.7 Å². The molecule has 0 aliphatic heterocycles. The lowest BCUT2D eigenvalue weighted by molar-refractivity contribution is 0.0525. The minimum Gasteiger partial charge on any atom is -0.462 e. The van der Waals surface area contributed by atoms with Crippen LogP contribution in [0.1, 0.15) is 22.8 Å². The first-order valence-corrected chi connectivity index (χ1v) is 8.47. The van der Waals surface area contributed by atoms with E-state index in [1.165, 1.54) is 11.3 Å². The van der Waals surface area contributed by atoms with E-state index in [2.05, 4.69) is 15.3 Å². The van der Waals surface area contributed by atoms with Crippen molar-refractivity contribution in [1.82, 2.24) is 9.97 Å². The second-order valence-electron chi connectivity index (χ2n) is 5.13. The van der Waals surface area contributed by atoms with Crippen molar-refractivity contribution in [2.75, 3.05) is 11.9 Å². The molecule has 3 aromatic rings. The monoisotopic (exact) mass is 339 g/mol. The van der Waals surface area contributed by atoms with E-state index >= 15 is 0 Å². The number of benzene rings is 1. The predicted molar refractivity (Wildman–Crippen MR) is 95.8 cm³/mol. The van der Waals surface area contributed by atoms with Gasteiger partial charge in [0.25, 0.3) is 0 Å². The molecule has 122 valence electrons. The summed E-state index contributed by atoms with van der Waals surface area (Å²) in [6, 6.07) is 11.3. The number of thiazole rings is 1. The van der Waals surface area contributed by atoms with E-state index in [1.54, 1.807) is 19.2 Å². The van der Waals surface area contributed by atoms with Crippen LogP contribution in [0.25, 0.3) is 11.3 Å². The molecule has 0 amide bonds. The van der Waals surface area contributed by atoms with E-state index in [-0.39, 0.29) is 5.97 Å². The third kappa shape index (κ3) is 3.60. The number of esters is 1. The van der Waals surface area contributed by atoms with Crippen molar-refractivity contribution in [2.24, 2.45) is 0 Å². The van der Waals surface area contributed by atoms with Crippen LogP contribution in [-0.4, -0.2) is 22.5 Å². The molecule has 0 saturated carbocycles. The first-order valence-electron chi connectivity index (χ1n) is 7.59. The standard InChI is InChI=1S/C18H17N3O2S/c1-3-23-17(22)14-8-7-13(10-12(14)2)15-11-24-18(20-15)21-16-6-4-5-9-19-16/h4-11H,3H2,1-2H3,(H,19,20,21). The lowest BCUT2D eigenvalue weighted by Gasteiger charge is -2.07. The normalized spacial score (nSPS) is 10.4. The molecule has 0 aliphatic rings. The van der Waals surface area contributed by atoms with Crippen molar-refractivity contribution in [1.29, 1.82) is 0 Å². The fraction of sp³-hybridized carbons (Fsp3) is 0.167. The smallest absolute Gasteiger partial charge is 0.338 e. The number of nitrogens with zero attached hydrogens (tertiary/aromatic N) is 2. The second kappa shape index (κ2) is 7.23. The van der Waals surface area contributed by atoms with Crippen molar-refractivity contribution < 1.29 is 9.53 Å². The first kappa shape index (κ1) is 16.1. The zero-order valence-electron chi connectivity index (χ0n) is 13.4. The van der Waals surface area contributed by atoms with Crippen LogP contribution in [-0.2, 0) is 4.74 Å². The molecule has 2 aromatic heterocycles. The maximum Gasteiger partial charge on any atom is 0.338 e. The zero-order chi connectivity index (χ0) is 16.9. The Kier molecular flexibility index (Phi) is 4.86. The number of rotatable bonds is 5. The Hall–Kier alpha value is -2.73. The number of ether oxygens (including phenoxy) is 1. The lowest BCUT2D eigenvalue weighted by Crippen LogP contribution is -2.06. The average molecular weight is 339 g/mol. The molecular formula is C18H17N3O2S. The van der Waals surface area contributed by atoms with Crippen LogP contribution in [0, 0.1) is 6.92 Å². The SMILES string of the molecule is CCOC(=O)c1ccc(-c2csc(Nc3ccccn3)n2)cc1C. The van der Waals surface area contributed by atoms with Gasteiger partial charge in [0.15, 0.2) is 5.13 Å². The largest absolute Gasteiger partial charge is 0.462 e. The van der Waals surface area contributed by atoms with Crippen molar-refractivity contribution in [2.45, 2.75) is 13.8 Å². The predicted octanol–water partition coefficient (Wildman–Crippen LogP) is 4.43. The first-order chi connectivity index (χ1) is 11.7. The van der Waals surface area contributed by atoms with Gasteiger partial charge in [-0.2, -0.15) is 0 Å². The Balaban J connectivity index is 1.80. The molecule has 0 fully saturated rings. The lowest BCUT2D eigenvalue weighted by atomic mass is 10.0. The molecule has 0 aliphatic carbocycles. The molecule has 5 nitrogen and oxygen atoms in total. The van der Waals surface area contributed by atoms with Crippen LogP contribution in [0.2, 0.25) is 0 Å². The number of carbonyl (C=O) groups excluding carboxylic acids is 1. The van der Waals surface area contributed by atoms with E-state index in [0.717, 1.165) is 27.8 Å². The van der Waals surface area contributed by atoms with Crippen LogP contribution < -0.4 is 5.32 Å². The molecule has 0 bridgehead atoms. The molecule has 6 heteroatoms. The molecule has 1 aromatic carbocycles. The highest BCUT2D eigenvalue weighted by Gasteiger charge is 2.12. The zero-order valence-corrected chi connectivity index (χ0v) is 14.3. The fourth-order valence-corrected chi connectivity index (χ4v) is 3.00. The second-order valence-corrected chi connectivity index (χ2v) is 5.99. The van der Waals surface area contributed by atoms with Gasteiger partial charge in [0.1, 0.15) is 5.82 Å². The summed E-state index contributed by atoms with van der Waals surface area (Å²) in [4.78, 5) is 20.7. The molecular weight excluding hydrogens is 322 g/mol. The summed E-state index contributed by atoms with van der Waals surface area (Å²) in [6.45, 7) is 4.07. The van der Waals surface area contributed by atoms with Crippen LogP contribution in [0.5, 0.6) is 0 Å². The van der Waals surface area contributed by atoms with Crippen LogP contribution in [0.4, 0.5) is 10.9 Å². The summed E-state index contributed by atoms with van der Waals surface area (Å²) in [7, 11) is 0. The molecule has 0 atom stereocenters. The van der Waals surface area contributed by atoms with Gasteiger partial charge in [-0.25, -0.2) is 14.8 Å². The van der Waals surface area contributed by atoms with Crippen molar-refractivity contribution >= 4 is 28.3 Å². The van der Waals surface area contributed by atoms with Gasteiger partial charge in [-0.1, -0.05) is 12.1 Å². The van der Waals surface area contributed by atoms with Gasteiger partial charge in [0.05, 0.1) is 17.9 Å². The summed E-state index contributed by atoms with van der Waals surface area (Å²) >= 11 is 1.51. The van der Waals surface area contributed by atoms with E-state index in [4.69, 9.17) is 4.74 Å². The van der Waals surface area contributed by atoms with Crippen molar-refractivity contribution in [3.63, 3.8) is 0 Å². The Morgan fingerprint density at radius 1 is 1.29 bits per heavy atom. The van der Waals surface area contributed by atoms with Gasteiger partial charge in [-0.3, -0.25) is 0 Å². The fourth-order valence-electron chi connectivity index (χ4n) is 2.27. The molecule has 2 heterocycles. The van der Waals surface area contributed by atoms with Gasteiger partial charge < -0.3 is 10.1 Å². The summed E-state index contributed by atoms with van der Waals surface area (Å²) in [5.41, 5.74) is 3.28. The molecule has 0 spiro atoms. The summed E-state index contributed by atoms with van der Waals surface area (Å²) in [6.07, 6.45) is 1.73. The van der Waals surface area contributed by atoms with E-state index < -0.39 is 0 Å². The Morgan fingerprint density at radius 3 is 2.88 bits per heavy atom. The quantitative estimate of drug-likeness (QED) is 0.697. The van der Waals surface area contributed by atoms with Crippen LogP contribution >= 0.6 is 11.3 Å². The molecule has 3 rings (SSSR count). The van der Waals surface area contributed by atoms with Gasteiger partial charge in [-0.15, -0.1) is 11.3 Å². The summed E-state index contributed by atoms with van der Waals surface area (Å²) < 4.78 is 5.06. The Labute approximate surface area is 144 Å². The third-order valence-corrected chi connectivity index (χ3v) is 4.18. The number of anilines is 2. The van der Waals surface area contributed by atoms with E-state index in [0.29, 0.717) is 12.2 Å². The number of pyridine rings is 1. The molecule has 1 N–H and O–H groups in total. The minimum absolute atomic E-state index is 0.294. The third-order valence-electron chi connectivity index (χ3n) is 3.42. The van der Waals surface area contributed by atoms with Crippen molar-refractivity contribution in [3.05, 3.63) is 59.1 Å². The molecule has 24 heavy (non-hydrogen) atoms. The maximum absolute atomic E-state index is 11.9. The highest BCUT2D eigenvalue weighted by molar-refractivity contribution is 7.14. The number of nitrogens with one attached hydrogen (secondary N) is 1. The van der Waals surface area contributed by atoms with Crippen molar-refractivity contribution in [3.8, 4) is 11.3 Å². The highest BCUT2D eigenvalue weighted by atomic mass is 32.1. The Morgan fingerprint density at radius 2 is 2.17 bits per heavy atom. The number of hydrogen-bond acceptors (Lipinski definition) is 6. The number of hydrogen-bond donors (Lipinski definition) is 1.